The summed E-state index contributed by atoms with van der Waals surface area (Å²) < 4.78 is 7.57. The number of rotatable bonds is 1. The summed E-state index contributed by atoms with van der Waals surface area (Å²) in [6, 6.07) is 6.01. The van der Waals surface area contributed by atoms with E-state index in [4.69, 9.17) is 10.5 Å². The zero-order valence-electron chi connectivity index (χ0n) is 8.34. The molecular formula is C11H13N3O. The number of nitrogens with zero attached hydrogens (tertiary/aromatic N) is 2. The van der Waals surface area contributed by atoms with Gasteiger partial charge in [-0.2, -0.15) is 0 Å². The smallest absolute Gasteiger partial charge is 0.137 e. The van der Waals surface area contributed by atoms with Crippen LogP contribution < -0.4 is 5.73 Å². The maximum Gasteiger partial charge on any atom is 0.137 e. The van der Waals surface area contributed by atoms with Gasteiger partial charge in [-0.25, -0.2) is 4.98 Å². The highest BCUT2D eigenvalue weighted by atomic mass is 16.5. The van der Waals surface area contributed by atoms with Gasteiger partial charge in [0.15, 0.2) is 0 Å². The molecule has 3 rings (SSSR count). The van der Waals surface area contributed by atoms with Crippen LogP contribution in [0.2, 0.25) is 0 Å². The van der Waals surface area contributed by atoms with Crippen molar-refractivity contribution >= 4 is 5.65 Å². The van der Waals surface area contributed by atoms with Gasteiger partial charge < -0.3 is 14.9 Å². The van der Waals surface area contributed by atoms with Gasteiger partial charge in [0.2, 0.25) is 0 Å². The Morgan fingerprint density at radius 1 is 1.47 bits per heavy atom. The van der Waals surface area contributed by atoms with Crippen LogP contribution in [0.25, 0.3) is 5.65 Å². The quantitative estimate of drug-likeness (QED) is 0.755. The van der Waals surface area contributed by atoms with Gasteiger partial charge in [0.25, 0.3) is 0 Å². The fraction of sp³-hybridized carbons (Fsp3) is 0.364. The molecule has 0 bridgehead atoms. The van der Waals surface area contributed by atoms with Crippen molar-refractivity contribution in [2.75, 3.05) is 6.61 Å². The Bertz CT molecular complexity index is 446. The fourth-order valence-corrected chi connectivity index (χ4v) is 2.00. The highest BCUT2D eigenvalue weighted by Gasteiger charge is 2.28. The van der Waals surface area contributed by atoms with E-state index in [0.717, 1.165) is 24.4 Å². The monoisotopic (exact) mass is 203 g/mol. The Kier molecular flexibility index (Phi) is 1.97. The Morgan fingerprint density at radius 2 is 2.40 bits per heavy atom. The van der Waals surface area contributed by atoms with Crippen LogP contribution in [0.1, 0.15) is 18.2 Å². The number of aromatic nitrogens is 2. The van der Waals surface area contributed by atoms with Crippen LogP contribution in [0.5, 0.6) is 0 Å². The molecule has 0 radical (unpaired) electrons. The highest BCUT2D eigenvalue weighted by molar-refractivity contribution is 5.40. The highest BCUT2D eigenvalue weighted by Crippen LogP contribution is 2.26. The third-order valence-electron chi connectivity index (χ3n) is 2.81. The molecule has 4 nitrogen and oxygen atoms in total. The van der Waals surface area contributed by atoms with Crippen LogP contribution >= 0.6 is 0 Å². The Labute approximate surface area is 87.7 Å². The number of imidazole rings is 1. The third-order valence-corrected chi connectivity index (χ3v) is 2.81. The summed E-state index contributed by atoms with van der Waals surface area (Å²) in [4.78, 5) is 4.50. The van der Waals surface area contributed by atoms with Gasteiger partial charge in [0.1, 0.15) is 11.8 Å². The summed E-state index contributed by atoms with van der Waals surface area (Å²) in [5.74, 6) is 0. The zero-order valence-corrected chi connectivity index (χ0v) is 8.34. The molecule has 1 aliphatic heterocycles. The predicted octanol–water partition coefficient (Wildman–Crippen LogP) is 1.12. The Hall–Kier alpha value is -1.39. The number of ether oxygens (including phenoxy) is 1. The SMILES string of the molecule is NC1CCOC1c1cn2ccccc2n1. The Morgan fingerprint density at radius 3 is 3.13 bits per heavy atom. The number of fused-ring (bicyclic) bond motifs is 1. The van der Waals surface area contributed by atoms with Gasteiger partial charge in [-0.05, 0) is 18.6 Å². The van der Waals surface area contributed by atoms with E-state index in [0.29, 0.717) is 0 Å². The number of hydrogen-bond acceptors (Lipinski definition) is 3. The first-order valence-corrected chi connectivity index (χ1v) is 5.15. The summed E-state index contributed by atoms with van der Waals surface area (Å²) in [7, 11) is 0. The van der Waals surface area contributed by atoms with Crippen LogP contribution in [0.3, 0.4) is 0 Å². The molecule has 1 fully saturated rings. The minimum atomic E-state index is -0.0371. The molecule has 0 aromatic carbocycles. The first-order valence-electron chi connectivity index (χ1n) is 5.15. The number of nitrogens with two attached hydrogens (primary N) is 1. The summed E-state index contributed by atoms with van der Waals surface area (Å²) in [5, 5.41) is 0. The van der Waals surface area contributed by atoms with Crippen molar-refractivity contribution in [3.05, 3.63) is 36.3 Å². The molecule has 0 aliphatic carbocycles. The molecule has 3 heterocycles. The molecular weight excluding hydrogens is 190 g/mol. The van der Waals surface area contributed by atoms with Gasteiger partial charge in [-0.15, -0.1) is 0 Å². The average molecular weight is 203 g/mol. The Balaban J connectivity index is 2.04. The van der Waals surface area contributed by atoms with Gasteiger partial charge in [0.05, 0.1) is 5.69 Å². The molecule has 4 heteroatoms. The number of hydrogen-bond donors (Lipinski definition) is 1. The minimum Gasteiger partial charge on any atom is -0.370 e. The van der Waals surface area contributed by atoms with Gasteiger partial charge in [0, 0.05) is 25.0 Å². The van der Waals surface area contributed by atoms with Crippen LogP contribution in [-0.2, 0) is 4.74 Å². The predicted molar refractivity (Wildman–Crippen MR) is 56.5 cm³/mol. The van der Waals surface area contributed by atoms with E-state index >= 15 is 0 Å². The molecule has 15 heavy (non-hydrogen) atoms. The molecule has 1 saturated heterocycles. The molecule has 2 aromatic heterocycles. The van der Waals surface area contributed by atoms with Crippen molar-refractivity contribution in [3.8, 4) is 0 Å². The standard InChI is InChI=1S/C11H13N3O/c12-8-4-6-15-11(8)9-7-14-5-2-1-3-10(14)13-9/h1-3,5,7-8,11H,4,6,12H2. The second-order valence-corrected chi connectivity index (χ2v) is 3.88. The van der Waals surface area contributed by atoms with E-state index in [2.05, 4.69) is 4.98 Å². The van der Waals surface area contributed by atoms with Crippen molar-refractivity contribution in [2.45, 2.75) is 18.6 Å². The van der Waals surface area contributed by atoms with Crippen molar-refractivity contribution in [3.63, 3.8) is 0 Å². The lowest BCUT2D eigenvalue weighted by molar-refractivity contribution is 0.102. The molecule has 0 spiro atoms. The zero-order chi connectivity index (χ0) is 10.3. The summed E-state index contributed by atoms with van der Waals surface area (Å²) >= 11 is 0. The molecule has 2 aromatic rings. The van der Waals surface area contributed by atoms with E-state index in [-0.39, 0.29) is 12.1 Å². The summed E-state index contributed by atoms with van der Waals surface area (Å²) in [6.07, 6.45) is 4.85. The second-order valence-electron chi connectivity index (χ2n) is 3.88. The van der Waals surface area contributed by atoms with Crippen molar-refractivity contribution < 1.29 is 4.74 Å². The fourth-order valence-electron chi connectivity index (χ4n) is 2.00. The molecule has 2 N–H and O–H groups in total. The lowest BCUT2D eigenvalue weighted by Crippen LogP contribution is -2.23. The molecule has 1 aliphatic rings. The molecule has 78 valence electrons. The minimum absolute atomic E-state index is 0.0371. The van der Waals surface area contributed by atoms with E-state index in [1.165, 1.54) is 0 Å². The van der Waals surface area contributed by atoms with Crippen LogP contribution in [0.4, 0.5) is 0 Å². The lowest BCUT2D eigenvalue weighted by Gasteiger charge is -2.10. The first-order chi connectivity index (χ1) is 7.34. The maximum absolute atomic E-state index is 5.96. The number of pyridine rings is 1. The lowest BCUT2D eigenvalue weighted by atomic mass is 10.1. The van der Waals surface area contributed by atoms with E-state index in [1.807, 2.05) is 35.0 Å². The van der Waals surface area contributed by atoms with E-state index < -0.39 is 0 Å². The van der Waals surface area contributed by atoms with Crippen LogP contribution in [0, 0.1) is 0 Å². The molecule has 0 amide bonds. The van der Waals surface area contributed by atoms with Crippen molar-refractivity contribution in [1.82, 2.24) is 9.38 Å². The van der Waals surface area contributed by atoms with Crippen LogP contribution in [-0.4, -0.2) is 22.0 Å². The maximum atomic E-state index is 5.96. The topological polar surface area (TPSA) is 52.5 Å². The molecule has 2 unspecified atom stereocenters. The average Bonchev–Trinajstić information content (AvgIpc) is 2.82. The molecule has 2 atom stereocenters. The van der Waals surface area contributed by atoms with E-state index in [9.17, 15) is 0 Å². The van der Waals surface area contributed by atoms with E-state index in [1.54, 1.807) is 0 Å². The summed E-state index contributed by atoms with van der Waals surface area (Å²) in [5.41, 5.74) is 7.83. The van der Waals surface area contributed by atoms with Crippen LogP contribution in [0.15, 0.2) is 30.6 Å². The normalized spacial score (nSPS) is 26.2. The third kappa shape index (κ3) is 1.42. The second kappa shape index (κ2) is 3.32. The first kappa shape index (κ1) is 8.88. The van der Waals surface area contributed by atoms with Crippen molar-refractivity contribution in [1.29, 1.82) is 0 Å². The van der Waals surface area contributed by atoms with Gasteiger partial charge in [-0.3, -0.25) is 0 Å². The molecule has 0 saturated carbocycles. The van der Waals surface area contributed by atoms with Gasteiger partial charge in [-0.1, -0.05) is 6.07 Å². The largest absolute Gasteiger partial charge is 0.370 e. The summed E-state index contributed by atoms with van der Waals surface area (Å²) in [6.45, 7) is 0.736. The van der Waals surface area contributed by atoms with Gasteiger partial charge >= 0.3 is 0 Å². The van der Waals surface area contributed by atoms with Crippen molar-refractivity contribution in [2.24, 2.45) is 5.73 Å².